The molecule has 8 N–H and O–H groups in total. The van der Waals surface area contributed by atoms with Gasteiger partial charge >= 0.3 is 5.97 Å². The molecule has 0 aliphatic carbocycles. The summed E-state index contributed by atoms with van der Waals surface area (Å²) in [5, 5.41) is 33.6. The number of rotatable bonds is 10. The summed E-state index contributed by atoms with van der Waals surface area (Å²) < 4.78 is 0. The van der Waals surface area contributed by atoms with E-state index in [1.165, 1.54) is 6.92 Å². The van der Waals surface area contributed by atoms with Crippen LogP contribution in [0.3, 0.4) is 0 Å². The maximum atomic E-state index is 12.0. The number of hydrogen-bond donors (Lipinski definition) is 7. The van der Waals surface area contributed by atoms with E-state index in [1.807, 2.05) is 5.32 Å². The van der Waals surface area contributed by atoms with Crippen LogP contribution in [0.25, 0.3) is 0 Å². The summed E-state index contributed by atoms with van der Waals surface area (Å²) in [5.74, 6) is -3.95. The highest BCUT2D eigenvalue weighted by Gasteiger charge is 2.29. The van der Waals surface area contributed by atoms with Gasteiger partial charge in [-0.15, -0.1) is 0 Å². The molecule has 25 heavy (non-hydrogen) atoms. The molecule has 0 aliphatic rings. The zero-order valence-corrected chi connectivity index (χ0v) is 14.4. The molecule has 11 heteroatoms. The number of carbonyl (C=O) groups is 4. The number of aliphatic carboxylic acids is 1. The molecule has 11 nitrogen and oxygen atoms in total. The Morgan fingerprint density at radius 2 is 1.60 bits per heavy atom. The molecule has 0 spiro atoms. The normalized spacial score (nSPS) is 15.6. The van der Waals surface area contributed by atoms with Gasteiger partial charge in [0.05, 0.1) is 25.3 Å². The molecule has 0 saturated carbocycles. The third-order valence-electron chi connectivity index (χ3n) is 3.32. The molecule has 144 valence electrons. The van der Waals surface area contributed by atoms with E-state index >= 15 is 0 Å². The van der Waals surface area contributed by atoms with Gasteiger partial charge in [0.15, 0.2) is 0 Å². The minimum absolute atomic E-state index is 0.185. The third kappa shape index (κ3) is 7.92. The lowest BCUT2D eigenvalue weighted by molar-refractivity contribution is -0.142. The second-order valence-electron chi connectivity index (χ2n) is 5.86. The summed E-state index contributed by atoms with van der Waals surface area (Å²) in [6.45, 7) is 3.29. The van der Waals surface area contributed by atoms with Crippen LogP contribution in [-0.2, 0) is 19.2 Å². The van der Waals surface area contributed by atoms with Gasteiger partial charge in [-0.25, -0.2) is 4.79 Å². The van der Waals surface area contributed by atoms with Crippen LogP contribution in [0.2, 0.25) is 0 Å². The minimum atomic E-state index is -1.50. The molecule has 0 fully saturated rings. The largest absolute Gasteiger partial charge is 0.480 e. The van der Waals surface area contributed by atoms with E-state index < -0.39 is 61.1 Å². The molecule has 0 heterocycles. The quantitative estimate of drug-likeness (QED) is 0.208. The van der Waals surface area contributed by atoms with Gasteiger partial charge in [0.1, 0.15) is 12.1 Å². The van der Waals surface area contributed by atoms with Crippen LogP contribution in [0.5, 0.6) is 0 Å². The van der Waals surface area contributed by atoms with Crippen LogP contribution in [0.4, 0.5) is 0 Å². The first-order valence-corrected chi connectivity index (χ1v) is 7.66. The number of carbonyl (C=O) groups excluding carboxylic acids is 3. The van der Waals surface area contributed by atoms with Crippen molar-refractivity contribution in [2.24, 2.45) is 11.7 Å². The van der Waals surface area contributed by atoms with Crippen LogP contribution in [0.1, 0.15) is 20.8 Å². The van der Waals surface area contributed by atoms with Crippen molar-refractivity contribution in [2.45, 2.75) is 45.0 Å². The monoisotopic (exact) mass is 362 g/mol. The number of carboxylic acids is 1. The number of nitrogens with one attached hydrogen (secondary N) is 3. The highest BCUT2D eigenvalue weighted by molar-refractivity contribution is 5.93. The number of nitrogens with two attached hydrogens (primary N) is 1. The Balaban J connectivity index is 4.68. The molecule has 0 bridgehead atoms. The second kappa shape index (κ2) is 10.6. The molecule has 0 aromatic heterocycles. The van der Waals surface area contributed by atoms with Crippen molar-refractivity contribution in [3.63, 3.8) is 0 Å². The zero-order chi connectivity index (χ0) is 19.7. The van der Waals surface area contributed by atoms with Crippen molar-refractivity contribution in [2.75, 3.05) is 13.2 Å². The Labute approximate surface area is 145 Å². The molecular weight excluding hydrogens is 336 g/mol. The first-order valence-electron chi connectivity index (χ1n) is 7.66. The van der Waals surface area contributed by atoms with Gasteiger partial charge < -0.3 is 37.0 Å². The standard InChI is InChI=1S/C14H26N4O7/c1-6(2)10(15)12(22)18-11(7(3)20)13(23)16-4-9(21)17-8(5-19)14(24)25/h6-8,10-11,19-20H,4-5,15H2,1-3H3,(H,16,23)(H,17,21)(H,18,22)(H,24,25). The predicted molar refractivity (Wildman–Crippen MR) is 86.1 cm³/mol. The third-order valence-corrected chi connectivity index (χ3v) is 3.32. The smallest absolute Gasteiger partial charge is 0.328 e. The van der Waals surface area contributed by atoms with Crippen molar-refractivity contribution in [3.8, 4) is 0 Å². The lowest BCUT2D eigenvalue weighted by atomic mass is 10.0. The van der Waals surface area contributed by atoms with E-state index in [1.54, 1.807) is 13.8 Å². The topological polar surface area (TPSA) is 191 Å². The predicted octanol–water partition coefficient (Wildman–Crippen LogP) is -3.49. The maximum Gasteiger partial charge on any atom is 0.328 e. The molecule has 0 saturated heterocycles. The highest BCUT2D eigenvalue weighted by Crippen LogP contribution is 2.01. The first kappa shape index (κ1) is 22.8. The van der Waals surface area contributed by atoms with Crippen molar-refractivity contribution in [1.82, 2.24) is 16.0 Å². The van der Waals surface area contributed by atoms with Crippen molar-refractivity contribution >= 4 is 23.7 Å². The van der Waals surface area contributed by atoms with Crippen LogP contribution >= 0.6 is 0 Å². The average Bonchev–Trinajstić information content (AvgIpc) is 2.53. The molecule has 4 unspecified atom stereocenters. The Morgan fingerprint density at radius 3 is 2.00 bits per heavy atom. The van der Waals surface area contributed by atoms with Gasteiger partial charge in [-0.3, -0.25) is 14.4 Å². The van der Waals surface area contributed by atoms with E-state index in [0.29, 0.717) is 0 Å². The average molecular weight is 362 g/mol. The van der Waals surface area contributed by atoms with Crippen molar-refractivity contribution in [3.05, 3.63) is 0 Å². The molecule has 0 rings (SSSR count). The Morgan fingerprint density at radius 1 is 1.04 bits per heavy atom. The van der Waals surface area contributed by atoms with E-state index in [4.69, 9.17) is 15.9 Å². The minimum Gasteiger partial charge on any atom is -0.480 e. The van der Waals surface area contributed by atoms with Gasteiger partial charge in [-0.2, -0.15) is 0 Å². The zero-order valence-electron chi connectivity index (χ0n) is 14.4. The van der Waals surface area contributed by atoms with E-state index in [-0.39, 0.29) is 5.92 Å². The van der Waals surface area contributed by atoms with Gasteiger partial charge in [-0.1, -0.05) is 13.8 Å². The van der Waals surface area contributed by atoms with Gasteiger partial charge in [0, 0.05) is 0 Å². The number of amides is 3. The summed E-state index contributed by atoms with van der Waals surface area (Å²) in [5.41, 5.74) is 5.66. The Hall–Kier alpha value is -2.24. The summed E-state index contributed by atoms with van der Waals surface area (Å²) in [6.07, 6.45) is -1.25. The maximum absolute atomic E-state index is 12.0. The molecule has 4 atom stereocenters. The molecule has 3 amide bonds. The SMILES string of the molecule is CC(C)C(N)C(=O)NC(C(=O)NCC(=O)NC(CO)C(=O)O)C(C)O. The van der Waals surface area contributed by atoms with E-state index in [0.717, 1.165) is 0 Å². The summed E-state index contributed by atoms with van der Waals surface area (Å²) in [7, 11) is 0. The molecule has 0 radical (unpaired) electrons. The number of aliphatic hydroxyl groups excluding tert-OH is 2. The van der Waals surface area contributed by atoms with Crippen LogP contribution in [0, 0.1) is 5.92 Å². The van der Waals surface area contributed by atoms with Crippen LogP contribution in [-0.4, -0.2) is 76.4 Å². The lowest BCUT2D eigenvalue weighted by Gasteiger charge is -2.24. The van der Waals surface area contributed by atoms with Crippen LogP contribution < -0.4 is 21.7 Å². The Kier molecular flexibility index (Phi) is 9.64. The molecule has 0 aliphatic heterocycles. The van der Waals surface area contributed by atoms with Gasteiger partial charge in [-0.05, 0) is 12.8 Å². The summed E-state index contributed by atoms with van der Waals surface area (Å²) in [4.78, 5) is 46.2. The molecule has 0 aromatic carbocycles. The van der Waals surface area contributed by atoms with Gasteiger partial charge in [0.25, 0.3) is 0 Å². The van der Waals surface area contributed by atoms with Crippen LogP contribution in [0.15, 0.2) is 0 Å². The number of hydrogen-bond acceptors (Lipinski definition) is 7. The lowest BCUT2D eigenvalue weighted by Crippen LogP contribution is -2.57. The first-order chi connectivity index (χ1) is 11.5. The fourth-order valence-electron chi connectivity index (χ4n) is 1.67. The number of aliphatic hydroxyl groups is 2. The Bertz CT molecular complexity index is 496. The van der Waals surface area contributed by atoms with Gasteiger partial charge in [0.2, 0.25) is 17.7 Å². The fraction of sp³-hybridized carbons (Fsp3) is 0.714. The van der Waals surface area contributed by atoms with Crippen molar-refractivity contribution < 1.29 is 34.5 Å². The number of carboxylic acid groups (broad SMARTS) is 1. The molecular formula is C14H26N4O7. The van der Waals surface area contributed by atoms with E-state index in [9.17, 15) is 24.3 Å². The fourth-order valence-corrected chi connectivity index (χ4v) is 1.67. The van der Waals surface area contributed by atoms with Crippen molar-refractivity contribution in [1.29, 1.82) is 0 Å². The molecule has 0 aromatic rings. The summed E-state index contributed by atoms with van der Waals surface area (Å²) >= 11 is 0. The second-order valence-corrected chi connectivity index (χ2v) is 5.86. The highest BCUT2D eigenvalue weighted by atomic mass is 16.4. The summed E-state index contributed by atoms with van der Waals surface area (Å²) in [6, 6.07) is -3.71. The van der Waals surface area contributed by atoms with E-state index in [2.05, 4.69) is 10.6 Å².